The lowest BCUT2D eigenvalue weighted by atomic mass is 10.1. The molecule has 0 spiro atoms. The van der Waals surface area contributed by atoms with Gasteiger partial charge in [0.25, 0.3) is 0 Å². The Morgan fingerprint density at radius 3 is 2.68 bits per heavy atom. The van der Waals surface area contributed by atoms with Gasteiger partial charge >= 0.3 is 0 Å². The van der Waals surface area contributed by atoms with Crippen LogP contribution in [0.25, 0.3) is 0 Å². The van der Waals surface area contributed by atoms with Gasteiger partial charge in [-0.05, 0) is 49.9 Å². The van der Waals surface area contributed by atoms with E-state index in [0.717, 1.165) is 17.5 Å². The number of benzene rings is 1. The van der Waals surface area contributed by atoms with Gasteiger partial charge in [0, 0.05) is 18.3 Å². The quantitative estimate of drug-likeness (QED) is 0.812. The van der Waals surface area contributed by atoms with Crippen molar-refractivity contribution in [3.63, 3.8) is 0 Å². The van der Waals surface area contributed by atoms with Crippen molar-refractivity contribution in [1.29, 1.82) is 0 Å². The van der Waals surface area contributed by atoms with Gasteiger partial charge in [0.05, 0.1) is 11.5 Å². The number of sulfonamides is 1. The van der Waals surface area contributed by atoms with Crippen molar-refractivity contribution in [3.05, 3.63) is 23.3 Å². The van der Waals surface area contributed by atoms with Gasteiger partial charge in [0.2, 0.25) is 10.0 Å². The first-order chi connectivity index (χ1) is 8.87. The molecule has 1 aromatic rings. The molecule has 19 heavy (non-hydrogen) atoms. The average molecular weight is 284 g/mol. The maximum Gasteiger partial charge on any atom is 0.243 e. The first-order valence-corrected chi connectivity index (χ1v) is 7.81. The van der Waals surface area contributed by atoms with Crippen LogP contribution in [0.4, 0.5) is 5.69 Å². The van der Waals surface area contributed by atoms with Crippen LogP contribution >= 0.6 is 0 Å². The van der Waals surface area contributed by atoms with Crippen LogP contribution in [-0.4, -0.2) is 37.0 Å². The van der Waals surface area contributed by atoms with Crippen molar-refractivity contribution in [3.8, 4) is 0 Å². The molecule has 1 aromatic carbocycles. The molecule has 5 nitrogen and oxygen atoms in total. The summed E-state index contributed by atoms with van der Waals surface area (Å²) < 4.78 is 26.5. The summed E-state index contributed by atoms with van der Waals surface area (Å²) in [5, 5.41) is 9.27. The minimum absolute atomic E-state index is 0.139. The second-order valence-corrected chi connectivity index (χ2v) is 6.94. The summed E-state index contributed by atoms with van der Waals surface area (Å²) in [4.78, 5) is 0.216. The van der Waals surface area contributed by atoms with Crippen LogP contribution in [0.3, 0.4) is 0 Å². The molecule has 1 atom stereocenters. The van der Waals surface area contributed by atoms with E-state index in [-0.39, 0.29) is 17.5 Å². The Bertz CT molecular complexity index is 561. The van der Waals surface area contributed by atoms with Crippen molar-refractivity contribution >= 4 is 15.7 Å². The van der Waals surface area contributed by atoms with Crippen LogP contribution in [0.5, 0.6) is 0 Å². The summed E-state index contributed by atoms with van der Waals surface area (Å²) in [6.07, 6.45) is 1.49. The third-order valence-electron chi connectivity index (χ3n) is 3.82. The van der Waals surface area contributed by atoms with Gasteiger partial charge in [0.1, 0.15) is 0 Å². The number of hydrogen-bond donors (Lipinski definition) is 2. The largest absolute Gasteiger partial charge is 0.398 e. The zero-order valence-corrected chi connectivity index (χ0v) is 12.1. The molecule has 6 heteroatoms. The SMILES string of the molecule is Cc1cc(S(=O)(=O)N2CCC[C@@H]2CO)cc(N)c1C. The highest BCUT2D eigenvalue weighted by atomic mass is 32.2. The molecule has 0 amide bonds. The first-order valence-electron chi connectivity index (χ1n) is 6.37. The Hall–Kier alpha value is -1.11. The van der Waals surface area contributed by atoms with Crippen molar-refractivity contribution in [2.75, 3.05) is 18.9 Å². The van der Waals surface area contributed by atoms with E-state index in [9.17, 15) is 13.5 Å². The molecule has 0 aliphatic carbocycles. The van der Waals surface area contributed by atoms with E-state index in [4.69, 9.17) is 5.73 Å². The van der Waals surface area contributed by atoms with Gasteiger partial charge < -0.3 is 10.8 Å². The molecule has 1 aliphatic heterocycles. The highest BCUT2D eigenvalue weighted by Crippen LogP contribution is 2.28. The van der Waals surface area contributed by atoms with Crippen LogP contribution in [0.15, 0.2) is 17.0 Å². The molecular weight excluding hydrogens is 264 g/mol. The fraction of sp³-hybridized carbons (Fsp3) is 0.538. The van der Waals surface area contributed by atoms with Crippen molar-refractivity contribution in [2.45, 2.75) is 37.6 Å². The summed E-state index contributed by atoms with van der Waals surface area (Å²) in [5.74, 6) is 0. The van der Waals surface area contributed by atoms with Gasteiger partial charge in [-0.15, -0.1) is 0 Å². The number of nitrogens with zero attached hydrogens (tertiary/aromatic N) is 1. The molecule has 1 aliphatic rings. The maximum absolute atomic E-state index is 12.6. The summed E-state index contributed by atoms with van der Waals surface area (Å²) in [6.45, 7) is 4.03. The van der Waals surface area contributed by atoms with Crippen LogP contribution in [0.2, 0.25) is 0 Å². The van der Waals surface area contributed by atoms with E-state index in [1.54, 1.807) is 6.07 Å². The molecule has 1 saturated heterocycles. The fourth-order valence-corrected chi connectivity index (χ4v) is 4.25. The normalized spacial score (nSPS) is 20.9. The molecule has 0 radical (unpaired) electrons. The second-order valence-electron chi connectivity index (χ2n) is 5.05. The van der Waals surface area contributed by atoms with Crippen LogP contribution in [0, 0.1) is 13.8 Å². The van der Waals surface area contributed by atoms with E-state index in [1.807, 2.05) is 13.8 Å². The van der Waals surface area contributed by atoms with Gasteiger partial charge in [-0.1, -0.05) is 0 Å². The van der Waals surface area contributed by atoms with Gasteiger partial charge in [-0.3, -0.25) is 0 Å². The highest BCUT2D eigenvalue weighted by molar-refractivity contribution is 7.89. The van der Waals surface area contributed by atoms with Gasteiger partial charge in [0.15, 0.2) is 0 Å². The second kappa shape index (κ2) is 5.11. The number of aliphatic hydroxyl groups is 1. The number of nitrogen functional groups attached to an aromatic ring is 1. The van der Waals surface area contributed by atoms with E-state index < -0.39 is 10.0 Å². The van der Waals surface area contributed by atoms with E-state index in [1.165, 1.54) is 10.4 Å². The Morgan fingerprint density at radius 2 is 2.11 bits per heavy atom. The zero-order chi connectivity index (χ0) is 14.2. The Morgan fingerprint density at radius 1 is 1.42 bits per heavy atom. The van der Waals surface area contributed by atoms with Crippen molar-refractivity contribution in [2.24, 2.45) is 0 Å². The lowest BCUT2D eigenvalue weighted by molar-refractivity contribution is 0.213. The van der Waals surface area contributed by atoms with Crippen molar-refractivity contribution in [1.82, 2.24) is 4.31 Å². The molecule has 106 valence electrons. The van der Waals surface area contributed by atoms with E-state index in [2.05, 4.69) is 0 Å². The lowest BCUT2D eigenvalue weighted by Gasteiger charge is -2.23. The number of hydrogen-bond acceptors (Lipinski definition) is 4. The molecule has 0 bridgehead atoms. The number of rotatable bonds is 3. The number of nitrogens with two attached hydrogens (primary N) is 1. The summed E-state index contributed by atoms with van der Waals surface area (Å²) in [5.41, 5.74) is 8.10. The smallest absolute Gasteiger partial charge is 0.243 e. The van der Waals surface area contributed by atoms with E-state index >= 15 is 0 Å². The average Bonchev–Trinajstić information content (AvgIpc) is 2.84. The van der Waals surface area contributed by atoms with Crippen LogP contribution in [-0.2, 0) is 10.0 Å². The van der Waals surface area contributed by atoms with E-state index in [0.29, 0.717) is 18.7 Å². The minimum atomic E-state index is -3.57. The summed E-state index contributed by atoms with van der Waals surface area (Å²) >= 11 is 0. The Labute approximate surface area is 114 Å². The number of anilines is 1. The molecule has 0 saturated carbocycles. The number of aryl methyl sites for hydroxylation is 1. The predicted octanol–water partition coefficient (Wildman–Crippen LogP) is 1.03. The highest BCUT2D eigenvalue weighted by Gasteiger charge is 2.35. The molecule has 0 unspecified atom stereocenters. The number of aliphatic hydroxyl groups excluding tert-OH is 1. The topological polar surface area (TPSA) is 83.6 Å². The van der Waals surface area contributed by atoms with Gasteiger partial charge in [-0.25, -0.2) is 8.42 Å². The molecule has 1 fully saturated rings. The first kappa shape index (κ1) is 14.3. The molecular formula is C13H20N2O3S. The Balaban J connectivity index is 2.45. The standard InChI is InChI=1S/C13H20N2O3S/c1-9-6-12(7-13(14)10(9)2)19(17,18)15-5-3-4-11(15)8-16/h6-7,11,16H,3-5,8,14H2,1-2H3/t11-/m1/s1. The van der Waals surface area contributed by atoms with Crippen LogP contribution < -0.4 is 5.73 Å². The van der Waals surface area contributed by atoms with Gasteiger partial charge in [-0.2, -0.15) is 4.31 Å². The molecule has 3 N–H and O–H groups in total. The summed E-state index contributed by atoms with van der Waals surface area (Å²) in [6, 6.07) is 2.84. The Kier molecular flexibility index (Phi) is 3.85. The third kappa shape index (κ3) is 2.48. The zero-order valence-electron chi connectivity index (χ0n) is 11.3. The fourth-order valence-electron chi connectivity index (χ4n) is 2.44. The summed E-state index contributed by atoms with van der Waals surface area (Å²) in [7, 11) is -3.57. The molecule has 0 aromatic heterocycles. The lowest BCUT2D eigenvalue weighted by Crippen LogP contribution is -2.37. The third-order valence-corrected chi connectivity index (χ3v) is 5.75. The van der Waals surface area contributed by atoms with Crippen LogP contribution in [0.1, 0.15) is 24.0 Å². The monoisotopic (exact) mass is 284 g/mol. The van der Waals surface area contributed by atoms with Crippen molar-refractivity contribution < 1.29 is 13.5 Å². The maximum atomic E-state index is 12.6. The molecule has 1 heterocycles. The predicted molar refractivity (Wildman–Crippen MR) is 74.3 cm³/mol. The molecule has 2 rings (SSSR count). The minimum Gasteiger partial charge on any atom is -0.398 e.